The van der Waals surface area contributed by atoms with Crippen molar-refractivity contribution in [3.05, 3.63) is 0 Å². The summed E-state index contributed by atoms with van der Waals surface area (Å²) in [5.41, 5.74) is -0.905. The van der Waals surface area contributed by atoms with Gasteiger partial charge in [0.05, 0.1) is 12.0 Å². The fourth-order valence-electron chi connectivity index (χ4n) is 2.80. The Balaban J connectivity index is 1.93. The molecule has 0 amide bonds. The van der Waals surface area contributed by atoms with Gasteiger partial charge in [-0.1, -0.05) is 6.42 Å². The fraction of sp³-hybridized carbons (Fsp3) is 0.909. The number of carbonyl (C=O) groups is 1. The molecule has 0 saturated heterocycles. The van der Waals surface area contributed by atoms with E-state index in [1.807, 2.05) is 0 Å². The molecule has 2 aliphatic rings. The van der Waals surface area contributed by atoms with Crippen LogP contribution < -0.4 is 0 Å². The Bertz CT molecular complexity index is 235. The van der Waals surface area contributed by atoms with Crippen molar-refractivity contribution in [3.8, 4) is 0 Å². The molecule has 2 atom stereocenters. The van der Waals surface area contributed by atoms with Gasteiger partial charge in [-0.2, -0.15) is 0 Å². The Morgan fingerprint density at radius 3 is 2.57 bits per heavy atom. The average Bonchev–Trinajstić information content (AvgIpc) is 2.83. The molecule has 2 unspecified atom stereocenters. The lowest BCUT2D eigenvalue weighted by molar-refractivity contribution is -0.144. The van der Waals surface area contributed by atoms with Gasteiger partial charge in [0.1, 0.15) is 0 Å². The lowest BCUT2D eigenvalue weighted by atomic mass is 9.74. The van der Waals surface area contributed by atoms with Gasteiger partial charge in [0.15, 0.2) is 0 Å². The molecule has 2 N–H and O–H groups in total. The minimum atomic E-state index is -0.905. The molecular weight excluding hydrogens is 180 g/mol. The van der Waals surface area contributed by atoms with Gasteiger partial charge in [-0.05, 0) is 43.9 Å². The van der Waals surface area contributed by atoms with Gasteiger partial charge in [-0.15, -0.1) is 0 Å². The summed E-state index contributed by atoms with van der Waals surface area (Å²) < 4.78 is 0. The van der Waals surface area contributed by atoms with Crippen LogP contribution in [-0.4, -0.2) is 21.8 Å². The quantitative estimate of drug-likeness (QED) is 0.727. The molecule has 3 heteroatoms. The van der Waals surface area contributed by atoms with Crippen LogP contribution in [0, 0.1) is 11.8 Å². The summed E-state index contributed by atoms with van der Waals surface area (Å²) in [6, 6.07) is 0. The molecule has 2 saturated carbocycles. The lowest BCUT2D eigenvalue weighted by Gasteiger charge is -2.36. The zero-order chi connectivity index (χ0) is 10.2. The molecule has 0 aromatic rings. The van der Waals surface area contributed by atoms with Crippen molar-refractivity contribution in [3.63, 3.8) is 0 Å². The summed E-state index contributed by atoms with van der Waals surface area (Å²) in [6.45, 7) is 0. The van der Waals surface area contributed by atoms with Crippen LogP contribution in [0.25, 0.3) is 0 Å². The topological polar surface area (TPSA) is 57.5 Å². The molecule has 80 valence electrons. The largest absolute Gasteiger partial charge is 0.481 e. The minimum absolute atomic E-state index is 0.0732. The van der Waals surface area contributed by atoms with Crippen molar-refractivity contribution in [2.75, 3.05) is 0 Å². The van der Waals surface area contributed by atoms with E-state index in [0.29, 0.717) is 18.8 Å². The van der Waals surface area contributed by atoms with Crippen molar-refractivity contribution >= 4 is 5.97 Å². The molecule has 2 fully saturated rings. The normalized spacial score (nSPS) is 38.2. The van der Waals surface area contributed by atoms with Gasteiger partial charge in [0, 0.05) is 0 Å². The van der Waals surface area contributed by atoms with Gasteiger partial charge >= 0.3 is 5.97 Å². The number of aliphatic carboxylic acids is 1. The lowest BCUT2D eigenvalue weighted by Crippen LogP contribution is -2.38. The summed E-state index contributed by atoms with van der Waals surface area (Å²) in [6.07, 6.45) is 6.06. The molecule has 0 spiro atoms. The SMILES string of the molecule is O=C(O)CC1(O)CCCC(C2CC2)C1. The van der Waals surface area contributed by atoms with Crippen molar-refractivity contribution < 1.29 is 15.0 Å². The molecule has 0 aromatic heterocycles. The number of hydrogen-bond acceptors (Lipinski definition) is 2. The highest BCUT2D eigenvalue weighted by atomic mass is 16.4. The fourth-order valence-corrected chi connectivity index (χ4v) is 2.80. The molecule has 0 radical (unpaired) electrons. The monoisotopic (exact) mass is 198 g/mol. The Kier molecular flexibility index (Phi) is 2.52. The first-order valence-electron chi connectivity index (χ1n) is 5.53. The van der Waals surface area contributed by atoms with Crippen LogP contribution in [0.15, 0.2) is 0 Å². The van der Waals surface area contributed by atoms with Crippen LogP contribution in [-0.2, 0) is 4.79 Å². The van der Waals surface area contributed by atoms with Crippen LogP contribution in [0.3, 0.4) is 0 Å². The summed E-state index contributed by atoms with van der Waals surface area (Å²) >= 11 is 0. The van der Waals surface area contributed by atoms with E-state index < -0.39 is 11.6 Å². The second kappa shape index (κ2) is 3.54. The molecule has 2 rings (SSSR count). The first-order valence-corrected chi connectivity index (χ1v) is 5.53. The third-order valence-corrected chi connectivity index (χ3v) is 3.63. The maximum atomic E-state index is 10.6. The number of aliphatic hydroxyl groups is 1. The highest BCUT2D eigenvalue weighted by molar-refractivity contribution is 5.68. The molecule has 0 bridgehead atoms. The number of hydrogen-bond donors (Lipinski definition) is 2. The first kappa shape index (κ1) is 9.97. The predicted molar refractivity (Wildman–Crippen MR) is 51.9 cm³/mol. The minimum Gasteiger partial charge on any atom is -0.481 e. The summed E-state index contributed by atoms with van der Waals surface area (Å²) in [7, 11) is 0. The van der Waals surface area contributed by atoms with Crippen LogP contribution in [0.2, 0.25) is 0 Å². The van der Waals surface area contributed by atoms with E-state index >= 15 is 0 Å². The predicted octanol–water partition coefficient (Wildman–Crippen LogP) is 1.79. The van der Waals surface area contributed by atoms with Gasteiger partial charge < -0.3 is 10.2 Å². The number of carboxylic acids is 1. The van der Waals surface area contributed by atoms with E-state index in [1.165, 1.54) is 19.3 Å². The molecule has 0 heterocycles. The summed E-state index contributed by atoms with van der Waals surface area (Å²) in [5.74, 6) is 0.507. The van der Waals surface area contributed by atoms with Crippen molar-refractivity contribution in [2.45, 2.75) is 50.5 Å². The third-order valence-electron chi connectivity index (χ3n) is 3.63. The van der Waals surface area contributed by atoms with Crippen LogP contribution in [0.4, 0.5) is 0 Å². The summed E-state index contributed by atoms with van der Waals surface area (Å²) in [4.78, 5) is 10.6. The maximum Gasteiger partial charge on any atom is 0.306 e. The molecule has 14 heavy (non-hydrogen) atoms. The third kappa shape index (κ3) is 2.27. The smallest absolute Gasteiger partial charge is 0.306 e. The average molecular weight is 198 g/mol. The van der Waals surface area contributed by atoms with Gasteiger partial charge in [0.25, 0.3) is 0 Å². The molecule has 2 aliphatic carbocycles. The Morgan fingerprint density at radius 1 is 1.29 bits per heavy atom. The van der Waals surface area contributed by atoms with Crippen molar-refractivity contribution in [1.82, 2.24) is 0 Å². The first-order chi connectivity index (χ1) is 6.59. The Hall–Kier alpha value is -0.570. The standard InChI is InChI=1S/C11H18O3/c12-10(13)7-11(14)5-1-2-9(6-11)8-3-4-8/h8-9,14H,1-7H2,(H,12,13). The Morgan fingerprint density at radius 2 is 2.00 bits per heavy atom. The zero-order valence-corrected chi connectivity index (χ0v) is 8.41. The van der Waals surface area contributed by atoms with Crippen LogP contribution in [0.1, 0.15) is 44.9 Å². The highest BCUT2D eigenvalue weighted by Crippen LogP contribution is 2.47. The van der Waals surface area contributed by atoms with Gasteiger partial charge in [0.2, 0.25) is 0 Å². The Labute approximate surface area is 84.1 Å². The molecule has 3 nitrogen and oxygen atoms in total. The second-order valence-electron chi connectivity index (χ2n) is 4.99. The van der Waals surface area contributed by atoms with E-state index in [4.69, 9.17) is 5.11 Å². The van der Waals surface area contributed by atoms with Gasteiger partial charge in [-0.3, -0.25) is 4.79 Å². The van der Waals surface area contributed by atoms with Gasteiger partial charge in [-0.25, -0.2) is 0 Å². The molecule has 0 aliphatic heterocycles. The maximum absolute atomic E-state index is 10.6. The van der Waals surface area contributed by atoms with E-state index in [-0.39, 0.29) is 6.42 Å². The zero-order valence-electron chi connectivity index (χ0n) is 8.41. The van der Waals surface area contributed by atoms with E-state index in [1.54, 1.807) is 0 Å². The van der Waals surface area contributed by atoms with Crippen LogP contribution in [0.5, 0.6) is 0 Å². The van der Waals surface area contributed by atoms with E-state index in [9.17, 15) is 9.90 Å². The van der Waals surface area contributed by atoms with E-state index in [2.05, 4.69) is 0 Å². The summed E-state index contributed by atoms with van der Waals surface area (Å²) in [5, 5.41) is 18.8. The second-order valence-corrected chi connectivity index (χ2v) is 4.99. The van der Waals surface area contributed by atoms with Crippen molar-refractivity contribution in [1.29, 1.82) is 0 Å². The highest BCUT2D eigenvalue weighted by Gasteiger charge is 2.41. The molecular formula is C11H18O3. The number of rotatable bonds is 3. The van der Waals surface area contributed by atoms with Crippen molar-refractivity contribution in [2.24, 2.45) is 11.8 Å². The number of carboxylic acid groups (broad SMARTS) is 1. The van der Waals surface area contributed by atoms with Crippen LogP contribution >= 0.6 is 0 Å². The van der Waals surface area contributed by atoms with E-state index in [0.717, 1.165) is 12.3 Å². The molecule has 0 aromatic carbocycles.